The van der Waals surface area contributed by atoms with Crippen LogP contribution in [0.2, 0.25) is 0 Å². The first-order valence-electron chi connectivity index (χ1n) is 10.1. The first-order chi connectivity index (χ1) is 15.4. The molecule has 0 spiro atoms. The van der Waals surface area contributed by atoms with Crippen LogP contribution in [0.4, 0.5) is 0 Å². The van der Waals surface area contributed by atoms with Gasteiger partial charge in [-0.05, 0) is 47.2 Å². The molecule has 160 valence electrons. The molecule has 0 bridgehead atoms. The second-order valence-corrected chi connectivity index (χ2v) is 8.53. The zero-order valence-corrected chi connectivity index (χ0v) is 19.3. The molecule has 0 unspecified atom stereocenters. The maximum absolute atomic E-state index is 13.5. The summed E-state index contributed by atoms with van der Waals surface area (Å²) in [5, 5.41) is 13.5. The van der Waals surface area contributed by atoms with Crippen LogP contribution >= 0.6 is 15.9 Å². The lowest BCUT2D eigenvalue weighted by atomic mass is 9.95. The monoisotopic (exact) mass is 488 g/mol. The summed E-state index contributed by atoms with van der Waals surface area (Å²) < 4.78 is 2.40. The molecule has 5 nitrogen and oxygen atoms in total. The molecule has 3 aromatic carbocycles. The number of aromatic nitrogens is 1. The van der Waals surface area contributed by atoms with E-state index in [1.807, 2.05) is 66.7 Å². The van der Waals surface area contributed by atoms with E-state index in [0.717, 1.165) is 32.1 Å². The Morgan fingerprint density at radius 3 is 2.28 bits per heavy atom. The van der Waals surface area contributed by atoms with Gasteiger partial charge in [0.15, 0.2) is 5.78 Å². The minimum absolute atomic E-state index is 0.178. The normalized spacial score (nSPS) is 11.7. The Hall–Kier alpha value is -3.51. The van der Waals surface area contributed by atoms with Gasteiger partial charge >= 0.3 is 0 Å². The van der Waals surface area contributed by atoms with Crippen molar-refractivity contribution in [3.8, 4) is 11.1 Å². The van der Waals surface area contributed by atoms with Gasteiger partial charge in [-0.3, -0.25) is 14.2 Å². The van der Waals surface area contributed by atoms with Gasteiger partial charge < -0.3 is 5.21 Å². The van der Waals surface area contributed by atoms with Gasteiger partial charge in [0.05, 0.1) is 18.0 Å². The largest absolute Gasteiger partial charge is 0.411 e. The number of hydrogen-bond donors (Lipinski definition) is 1. The van der Waals surface area contributed by atoms with E-state index in [1.165, 1.54) is 6.92 Å². The Kier molecular flexibility index (Phi) is 6.06. The number of carbonyl (C=O) groups excluding carboxylic acids is 1. The molecule has 0 saturated heterocycles. The number of pyridine rings is 1. The number of hydrogen-bond acceptors (Lipinski definition) is 4. The summed E-state index contributed by atoms with van der Waals surface area (Å²) in [6.07, 6.45) is 0. The van der Waals surface area contributed by atoms with Crippen LogP contribution in [-0.4, -0.2) is 21.3 Å². The number of ketones is 1. The van der Waals surface area contributed by atoms with Gasteiger partial charge in [0.1, 0.15) is 0 Å². The molecule has 1 heterocycles. The summed E-state index contributed by atoms with van der Waals surface area (Å²) in [5.41, 5.74) is 3.93. The van der Waals surface area contributed by atoms with E-state index < -0.39 is 0 Å². The van der Waals surface area contributed by atoms with Gasteiger partial charge in [-0.15, -0.1) is 0 Å². The standard InChI is InChI=1S/C26H21BrN2O3/c1-16(28-32)19-10-8-18(9-11-19)15-29-25(17(2)30)24(20-6-4-3-5-7-20)23-14-21(27)12-13-22(23)26(29)31/h3-14,32H,15H2,1-2H3/b28-16+. The molecule has 0 atom stereocenters. The van der Waals surface area contributed by atoms with Crippen LogP contribution in [0.15, 0.2) is 87.2 Å². The molecule has 0 aliphatic carbocycles. The number of Topliss-reactive ketones (excluding diaryl/α,β-unsaturated/α-hetero) is 1. The molecule has 0 saturated carbocycles. The lowest BCUT2D eigenvalue weighted by molar-refractivity contribution is 0.100. The highest BCUT2D eigenvalue weighted by Crippen LogP contribution is 2.33. The van der Waals surface area contributed by atoms with Crippen molar-refractivity contribution in [1.82, 2.24) is 4.57 Å². The SMILES string of the molecule is CC(=O)c1c(-c2ccccc2)c2cc(Br)ccc2c(=O)n1Cc1ccc(/C(C)=N/O)cc1. The number of oxime groups is 1. The van der Waals surface area contributed by atoms with Crippen molar-refractivity contribution in [3.05, 3.63) is 104 Å². The van der Waals surface area contributed by atoms with Crippen LogP contribution in [0.25, 0.3) is 21.9 Å². The maximum Gasteiger partial charge on any atom is 0.259 e. The van der Waals surface area contributed by atoms with E-state index in [4.69, 9.17) is 5.21 Å². The van der Waals surface area contributed by atoms with Crippen LogP contribution in [0.1, 0.15) is 35.5 Å². The highest BCUT2D eigenvalue weighted by Gasteiger charge is 2.21. The highest BCUT2D eigenvalue weighted by atomic mass is 79.9. The second-order valence-electron chi connectivity index (χ2n) is 7.61. The van der Waals surface area contributed by atoms with E-state index in [9.17, 15) is 9.59 Å². The molecule has 0 aliphatic rings. The van der Waals surface area contributed by atoms with Crippen molar-refractivity contribution < 1.29 is 10.0 Å². The first-order valence-corrected chi connectivity index (χ1v) is 10.9. The zero-order valence-electron chi connectivity index (χ0n) is 17.7. The summed E-state index contributed by atoms with van der Waals surface area (Å²) in [6.45, 7) is 3.45. The summed E-state index contributed by atoms with van der Waals surface area (Å²) in [7, 11) is 0. The van der Waals surface area contributed by atoms with Crippen molar-refractivity contribution in [2.24, 2.45) is 5.16 Å². The molecule has 6 heteroatoms. The number of fused-ring (bicyclic) bond motifs is 1. The molecule has 4 aromatic rings. The molecule has 1 N–H and O–H groups in total. The minimum atomic E-state index is -0.213. The predicted molar refractivity (Wildman–Crippen MR) is 131 cm³/mol. The average molecular weight is 489 g/mol. The fourth-order valence-electron chi connectivity index (χ4n) is 3.92. The predicted octanol–water partition coefficient (Wildman–Crippen LogP) is 5.88. The molecule has 1 aromatic heterocycles. The third-order valence-electron chi connectivity index (χ3n) is 5.49. The smallest absolute Gasteiger partial charge is 0.259 e. The molecule has 0 fully saturated rings. The molecular weight excluding hydrogens is 468 g/mol. The molecule has 4 rings (SSSR count). The Bertz CT molecular complexity index is 1410. The van der Waals surface area contributed by atoms with Crippen LogP contribution in [-0.2, 0) is 6.54 Å². The zero-order chi connectivity index (χ0) is 22.8. The molecule has 0 amide bonds. The number of carbonyl (C=O) groups is 1. The number of nitrogens with zero attached hydrogens (tertiary/aromatic N) is 2. The van der Waals surface area contributed by atoms with E-state index in [2.05, 4.69) is 21.1 Å². The van der Waals surface area contributed by atoms with Crippen molar-refractivity contribution in [1.29, 1.82) is 0 Å². The Balaban J connectivity index is 2.00. The minimum Gasteiger partial charge on any atom is -0.411 e. The van der Waals surface area contributed by atoms with Gasteiger partial charge in [-0.25, -0.2) is 0 Å². The van der Waals surface area contributed by atoms with Crippen LogP contribution < -0.4 is 5.56 Å². The van der Waals surface area contributed by atoms with Gasteiger partial charge in [0, 0.05) is 22.3 Å². The first kappa shape index (κ1) is 21.7. The fourth-order valence-corrected chi connectivity index (χ4v) is 4.29. The maximum atomic E-state index is 13.5. The number of rotatable bonds is 5. The quantitative estimate of drug-likeness (QED) is 0.165. The summed E-state index contributed by atoms with van der Waals surface area (Å²) in [6, 6.07) is 22.6. The van der Waals surface area contributed by atoms with E-state index in [1.54, 1.807) is 17.6 Å². The van der Waals surface area contributed by atoms with E-state index in [-0.39, 0.29) is 17.9 Å². The average Bonchev–Trinajstić information content (AvgIpc) is 2.80. The van der Waals surface area contributed by atoms with Crippen LogP contribution in [0, 0.1) is 0 Å². The summed E-state index contributed by atoms with van der Waals surface area (Å²) in [4.78, 5) is 26.4. The van der Waals surface area contributed by atoms with Crippen LogP contribution in [0.5, 0.6) is 0 Å². The van der Waals surface area contributed by atoms with Gasteiger partial charge in [0.2, 0.25) is 0 Å². The topological polar surface area (TPSA) is 71.7 Å². The third kappa shape index (κ3) is 4.01. The van der Waals surface area contributed by atoms with Gasteiger partial charge in [0.25, 0.3) is 5.56 Å². The fraction of sp³-hybridized carbons (Fsp3) is 0.115. The third-order valence-corrected chi connectivity index (χ3v) is 5.98. The summed E-state index contributed by atoms with van der Waals surface area (Å²) in [5.74, 6) is -0.178. The molecule has 0 radical (unpaired) electrons. The van der Waals surface area contributed by atoms with Gasteiger partial charge in [-0.2, -0.15) is 0 Å². The van der Waals surface area contributed by atoms with Gasteiger partial charge in [-0.1, -0.05) is 75.7 Å². The lowest BCUT2D eigenvalue weighted by Crippen LogP contribution is -2.27. The Labute approximate surface area is 193 Å². The molecule has 0 aliphatic heterocycles. The van der Waals surface area contributed by atoms with Crippen molar-refractivity contribution in [2.45, 2.75) is 20.4 Å². The second kappa shape index (κ2) is 8.93. The van der Waals surface area contributed by atoms with E-state index in [0.29, 0.717) is 16.8 Å². The highest BCUT2D eigenvalue weighted by molar-refractivity contribution is 9.10. The number of halogens is 1. The van der Waals surface area contributed by atoms with Crippen molar-refractivity contribution >= 4 is 38.2 Å². The Morgan fingerprint density at radius 2 is 1.66 bits per heavy atom. The summed E-state index contributed by atoms with van der Waals surface area (Å²) >= 11 is 3.50. The number of benzene rings is 3. The van der Waals surface area contributed by atoms with Crippen LogP contribution in [0.3, 0.4) is 0 Å². The van der Waals surface area contributed by atoms with E-state index >= 15 is 0 Å². The lowest BCUT2D eigenvalue weighted by Gasteiger charge is -2.19. The van der Waals surface area contributed by atoms with Crippen molar-refractivity contribution in [2.75, 3.05) is 0 Å². The van der Waals surface area contributed by atoms with Crippen molar-refractivity contribution in [3.63, 3.8) is 0 Å². The Morgan fingerprint density at radius 1 is 0.969 bits per heavy atom. The molecule has 32 heavy (non-hydrogen) atoms. The molecular formula is C26H21BrN2O3.